The van der Waals surface area contributed by atoms with Gasteiger partial charge < -0.3 is 15.2 Å². The van der Waals surface area contributed by atoms with Gasteiger partial charge in [0.15, 0.2) is 5.69 Å². The van der Waals surface area contributed by atoms with E-state index >= 15 is 0 Å². The summed E-state index contributed by atoms with van der Waals surface area (Å²) < 4.78 is 10.4. The molecule has 22 heavy (non-hydrogen) atoms. The number of nitrogens with two attached hydrogens (primary N) is 1. The highest BCUT2D eigenvalue weighted by molar-refractivity contribution is 6.33. The van der Waals surface area contributed by atoms with Crippen LogP contribution in [0.2, 0.25) is 5.15 Å². The number of aromatic nitrogens is 2. The Balaban J connectivity index is 3.32. The average Bonchev–Trinajstić information content (AvgIpc) is 2.22. The summed E-state index contributed by atoms with van der Waals surface area (Å²) in [6, 6.07) is 0. The minimum atomic E-state index is -0.829. The molecule has 0 aliphatic heterocycles. The minimum absolute atomic E-state index is 0.238. The van der Waals surface area contributed by atoms with E-state index in [1.807, 2.05) is 0 Å². The van der Waals surface area contributed by atoms with Crippen LogP contribution in [0.3, 0.4) is 0 Å². The van der Waals surface area contributed by atoms with Crippen LogP contribution in [0, 0.1) is 0 Å². The molecule has 1 aromatic rings. The number of carbonyl (C=O) groups excluding carboxylic acids is 2. The number of nitrogens with zero attached hydrogens (tertiary/aromatic N) is 2. The van der Waals surface area contributed by atoms with Gasteiger partial charge in [0.25, 0.3) is 0 Å². The van der Waals surface area contributed by atoms with Gasteiger partial charge in [-0.05, 0) is 41.5 Å². The highest BCUT2D eigenvalue weighted by atomic mass is 35.5. The van der Waals surface area contributed by atoms with Gasteiger partial charge in [-0.2, -0.15) is 0 Å². The lowest BCUT2D eigenvalue weighted by atomic mass is 10.1. The molecule has 0 unspecified atom stereocenters. The van der Waals surface area contributed by atoms with E-state index < -0.39 is 23.1 Å². The lowest BCUT2D eigenvalue weighted by Crippen LogP contribution is -2.29. The Hall–Kier alpha value is -1.89. The molecule has 0 aliphatic carbocycles. The molecule has 0 saturated carbocycles. The number of esters is 2. The molecule has 2 N–H and O–H groups in total. The van der Waals surface area contributed by atoms with Crippen LogP contribution in [-0.4, -0.2) is 33.1 Å². The van der Waals surface area contributed by atoms with E-state index in [-0.39, 0.29) is 22.4 Å². The first kappa shape index (κ1) is 18.2. The van der Waals surface area contributed by atoms with Crippen molar-refractivity contribution in [3.05, 3.63) is 16.4 Å². The maximum absolute atomic E-state index is 12.2. The van der Waals surface area contributed by atoms with Gasteiger partial charge in [0.05, 0.1) is 0 Å². The van der Waals surface area contributed by atoms with Crippen molar-refractivity contribution in [3.63, 3.8) is 0 Å². The van der Waals surface area contributed by atoms with Crippen molar-refractivity contribution in [1.82, 2.24) is 9.97 Å². The fourth-order valence-corrected chi connectivity index (χ4v) is 1.69. The lowest BCUT2D eigenvalue weighted by Gasteiger charge is -2.22. The Morgan fingerprint density at radius 1 is 0.955 bits per heavy atom. The monoisotopic (exact) mass is 329 g/mol. The summed E-state index contributed by atoms with van der Waals surface area (Å²) in [5.41, 5.74) is 3.37. The van der Waals surface area contributed by atoms with E-state index in [0.717, 1.165) is 0 Å². The smallest absolute Gasteiger partial charge is 0.358 e. The van der Waals surface area contributed by atoms with Gasteiger partial charge in [0.1, 0.15) is 21.9 Å². The highest BCUT2D eigenvalue weighted by Gasteiger charge is 2.31. The molecule has 122 valence electrons. The largest absolute Gasteiger partial charge is 0.456 e. The van der Waals surface area contributed by atoms with Crippen LogP contribution in [0.25, 0.3) is 0 Å². The molecule has 7 nitrogen and oxygen atoms in total. The molecule has 0 radical (unpaired) electrons. The predicted molar refractivity (Wildman–Crippen MR) is 81.8 cm³/mol. The SMILES string of the molecule is CC(C)(C)OC(=O)c1nc(N)nc(Cl)c1C(=O)OC(C)(C)C. The number of halogens is 1. The second kappa shape index (κ2) is 6.08. The first-order valence-corrected chi connectivity index (χ1v) is 6.97. The van der Waals surface area contributed by atoms with Crippen molar-refractivity contribution in [3.8, 4) is 0 Å². The van der Waals surface area contributed by atoms with Crippen molar-refractivity contribution >= 4 is 29.5 Å². The van der Waals surface area contributed by atoms with Crippen LogP contribution in [0.1, 0.15) is 62.4 Å². The van der Waals surface area contributed by atoms with Gasteiger partial charge in [-0.25, -0.2) is 19.6 Å². The second-order valence-corrected chi connectivity index (χ2v) is 6.96. The van der Waals surface area contributed by atoms with Crippen molar-refractivity contribution < 1.29 is 19.1 Å². The summed E-state index contributed by atoms with van der Waals surface area (Å²) in [5.74, 6) is -1.89. The van der Waals surface area contributed by atoms with Crippen molar-refractivity contribution in [2.75, 3.05) is 5.73 Å². The van der Waals surface area contributed by atoms with Crippen LogP contribution in [0.5, 0.6) is 0 Å². The second-order valence-electron chi connectivity index (χ2n) is 6.60. The van der Waals surface area contributed by atoms with Gasteiger partial charge in [0, 0.05) is 0 Å². The standard InChI is InChI=1S/C14H20ClN3O4/c1-13(2,3)21-10(19)7-8(11(20)22-14(4,5)6)17-12(16)18-9(7)15/h1-6H3,(H2,16,17,18). The third-order valence-electron chi connectivity index (χ3n) is 2.08. The molecule has 8 heteroatoms. The topological polar surface area (TPSA) is 104 Å². The van der Waals surface area contributed by atoms with Gasteiger partial charge in [-0.1, -0.05) is 11.6 Å². The van der Waals surface area contributed by atoms with E-state index in [0.29, 0.717) is 0 Å². The highest BCUT2D eigenvalue weighted by Crippen LogP contribution is 2.23. The van der Waals surface area contributed by atoms with Crippen molar-refractivity contribution in [1.29, 1.82) is 0 Å². The average molecular weight is 330 g/mol. The maximum Gasteiger partial charge on any atom is 0.358 e. The molecule has 1 heterocycles. The molecular weight excluding hydrogens is 310 g/mol. The van der Waals surface area contributed by atoms with Gasteiger partial charge in [0.2, 0.25) is 5.95 Å². The number of hydrogen-bond donors (Lipinski definition) is 1. The number of nitrogen functional groups attached to an aromatic ring is 1. The summed E-state index contributed by atoms with van der Waals surface area (Å²) in [5, 5.41) is -0.261. The summed E-state index contributed by atoms with van der Waals surface area (Å²) in [4.78, 5) is 31.9. The van der Waals surface area contributed by atoms with E-state index in [1.54, 1.807) is 41.5 Å². The van der Waals surface area contributed by atoms with Crippen LogP contribution < -0.4 is 5.73 Å². The van der Waals surface area contributed by atoms with Gasteiger partial charge in [-0.3, -0.25) is 0 Å². The third kappa shape index (κ3) is 5.14. The summed E-state index contributed by atoms with van der Waals surface area (Å²) >= 11 is 5.93. The van der Waals surface area contributed by atoms with Gasteiger partial charge in [-0.15, -0.1) is 0 Å². The Bertz CT molecular complexity index is 603. The lowest BCUT2D eigenvalue weighted by molar-refractivity contribution is 0.00130. The first-order chi connectivity index (χ1) is 9.80. The van der Waals surface area contributed by atoms with E-state index in [9.17, 15) is 9.59 Å². The number of hydrogen-bond acceptors (Lipinski definition) is 7. The van der Waals surface area contributed by atoms with E-state index in [4.69, 9.17) is 26.8 Å². The number of rotatable bonds is 2. The Kier molecular flexibility index (Phi) is 5.02. The van der Waals surface area contributed by atoms with Crippen molar-refractivity contribution in [2.24, 2.45) is 0 Å². The summed E-state index contributed by atoms with van der Waals surface area (Å²) in [7, 11) is 0. The summed E-state index contributed by atoms with van der Waals surface area (Å²) in [6.07, 6.45) is 0. The molecule has 0 amide bonds. The molecular formula is C14H20ClN3O4. The van der Waals surface area contributed by atoms with Gasteiger partial charge >= 0.3 is 11.9 Å². The predicted octanol–water partition coefficient (Wildman–Crippen LogP) is 2.62. The molecule has 0 spiro atoms. The number of carbonyl (C=O) groups is 2. The number of anilines is 1. The molecule has 0 aliphatic rings. The maximum atomic E-state index is 12.2. The molecule has 0 aromatic carbocycles. The number of ether oxygens (including phenoxy) is 2. The Morgan fingerprint density at radius 2 is 1.41 bits per heavy atom. The zero-order chi connectivity index (χ0) is 17.3. The van der Waals surface area contributed by atoms with E-state index in [1.165, 1.54) is 0 Å². The normalized spacial score (nSPS) is 12.0. The molecule has 0 atom stereocenters. The molecule has 0 bridgehead atoms. The Labute approximate surface area is 134 Å². The summed E-state index contributed by atoms with van der Waals surface area (Å²) in [6.45, 7) is 10.1. The van der Waals surface area contributed by atoms with Crippen LogP contribution in [-0.2, 0) is 9.47 Å². The molecule has 0 fully saturated rings. The molecule has 1 aromatic heterocycles. The van der Waals surface area contributed by atoms with Crippen LogP contribution >= 0.6 is 11.6 Å². The van der Waals surface area contributed by atoms with Crippen LogP contribution in [0.15, 0.2) is 0 Å². The van der Waals surface area contributed by atoms with E-state index in [2.05, 4.69) is 9.97 Å². The quantitative estimate of drug-likeness (QED) is 0.656. The zero-order valence-corrected chi connectivity index (χ0v) is 14.2. The Morgan fingerprint density at radius 3 is 1.86 bits per heavy atom. The fraction of sp³-hybridized carbons (Fsp3) is 0.571. The minimum Gasteiger partial charge on any atom is -0.456 e. The van der Waals surface area contributed by atoms with Crippen molar-refractivity contribution in [2.45, 2.75) is 52.7 Å². The third-order valence-corrected chi connectivity index (χ3v) is 2.35. The van der Waals surface area contributed by atoms with Crippen LogP contribution in [0.4, 0.5) is 5.95 Å². The molecule has 0 saturated heterocycles. The first-order valence-electron chi connectivity index (χ1n) is 6.60. The zero-order valence-electron chi connectivity index (χ0n) is 13.5. The molecule has 1 rings (SSSR count). The fourth-order valence-electron chi connectivity index (χ4n) is 1.43.